The van der Waals surface area contributed by atoms with Gasteiger partial charge in [-0.25, -0.2) is 4.79 Å². The first-order valence-corrected chi connectivity index (χ1v) is 49.5. The minimum absolute atomic E-state index is 0.0327. The van der Waals surface area contributed by atoms with Crippen LogP contribution >= 0.6 is 0 Å². The van der Waals surface area contributed by atoms with Crippen LogP contribution in [0.4, 0.5) is 0 Å². The van der Waals surface area contributed by atoms with Gasteiger partial charge in [0.05, 0.1) is 66.4 Å². The fourth-order valence-corrected chi connectivity index (χ4v) is 26.2. The zero-order valence-corrected chi connectivity index (χ0v) is 75.2. The van der Waals surface area contributed by atoms with Gasteiger partial charge in [0.2, 0.25) is 0 Å². The standard InChI is InChI=1S/C31H33O3S.C27H29O3S.C27H23O3S.C26H27O3S/c32-30(31-20-23-17-24(21-31)19-25(18-23)22-31)34-16-15-33-26-11-13-29(14-12-26)35(27-7-3-1-4-8-27)28-9-5-2-6-10-28;2*28-27(22-10-4-1-5-11-22)30-21-20-29-23-16-18-26(19-17-23)31(24-12-6-2-7-13-24)25-14-8-3-9-15-25;27-26(21-9-7-8-10-21)29-20-19-28-22-15-17-25(18-16-22)30(23-11-3-1-4-12-23)24-13-5-2-6-14-24/h1-14,23-25H,15-22H2;2-3,6-9,12-19,22H,1,4-5,10-11,20-21H2;1-19H,20-21H2;1-6,11-18,21H,7-10,19-20H2/q4*+1. The van der Waals surface area contributed by atoms with E-state index in [1.165, 1.54) is 84.4 Å². The Bertz CT molecular complexity index is 5260. The van der Waals surface area contributed by atoms with Crippen LogP contribution in [-0.2, 0) is 76.9 Å². The molecule has 0 aromatic heterocycles. The zero-order chi connectivity index (χ0) is 86.9. The molecule has 19 rings (SSSR count). The maximum Gasteiger partial charge on any atom is 0.338 e. The normalized spacial score (nSPS) is 16.7. The minimum Gasteiger partial charge on any atom is -0.490 e. The van der Waals surface area contributed by atoms with Gasteiger partial charge in [0.1, 0.15) is 75.9 Å². The Kier molecular flexibility index (Phi) is 33.5. The van der Waals surface area contributed by atoms with Crippen LogP contribution < -0.4 is 18.9 Å². The highest BCUT2D eigenvalue weighted by Gasteiger charge is 2.55. The number of hydrogen-bond acceptors (Lipinski definition) is 12. The second-order valence-corrected chi connectivity index (χ2v) is 40.6. The predicted molar refractivity (Wildman–Crippen MR) is 507 cm³/mol. The molecule has 0 atom stereocenters. The Hall–Kier alpha value is -11.7. The lowest BCUT2D eigenvalue weighted by atomic mass is 9.49. The molecule has 0 N–H and O–H groups in total. The molecule has 0 saturated heterocycles. The summed E-state index contributed by atoms with van der Waals surface area (Å²) in [7, 11) is -0.677. The van der Waals surface area contributed by atoms with Gasteiger partial charge < -0.3 is 37.9 Å². The highest BCUT2D eigenvalue weighted by Crippen LogP contribution is 2.60. The molecule has 0 aliphatic heterocycles. The number of carbonyl (C=O) groups excluding carboxylic acids is 4. The van der Waals surface area contributed by atoms with Crippen LogP contribution in [-0.4, -0.2) is 76.7 Å². The summed E-state index contributed by atoms with van der Waals surface area (Å²) in [6, 6.07) is 127. The van der Waals surface area contributed by atoms with Crippen LogP contribution in [0.1, 0.15) is 107 Å². The quantitative estimate of drug-likeness (QED) is 0.0171. The molecule has 6 fully saturated rings. The molecule has 0 unspecified atom stereocenters. The topological polar surface area (TPSA) is 142 Å². The van der Waals surface area contributed by atoms with E-state index in [9.17, 15) is 19.2 Å². The molecule has 0 radical (unpaired) electrons. The Morgan fingerprint density at radius 3 is 0.701 bits per heavy atom. The highest BCUT2D eigenvalue weighted by molar-refractivity contribution is 7.98. The van der Waals surface area contributed by atoms with Crippen molar-refractivity contribution < 1.29 is 57.1 Å². The van der Waals surface area contributed by atoms with Crippen molar-refractivity contribution in [3.05, 3.63) is 376 Å². The second kappa shape index (κ2) is 47.2. The van der Waals surface area contributed by atoms with Gasteiger partial charge in [-0.2, -0.15) is 0 Å². The van der Waals surface area contributed by atoms with Crippen molar-refractivity contribution in [2.45, 2.75) is 155 Å². The lowest BCUT2D eigenvalue weighted by Gasteiger charge is -2.55. The molecule has 6 aliphatic carbocycles. The maximum absolute atomic E-state index is 13.0. The van der Waals surface area contributed by atoms with Crippen molar-refractivity contribution in [1.82, 2.24) is 0 Å². The number of ether oxygens (including phenoxy) is 8. The van der Waals surface area contributed by atoms with E-state index in [-0.39, 0.29) is 91.3 Å². The van der Waals surface area contributed by atoms with Crippen LogP contribution in [0.2, 0.25) is 0 Å². The monoisotopic (exact) mass is 1760 g/mol. The molecule has 4 bridgehead atoms. The third-order valence-electron chi connectivity index (χ3n) is 23.5. The van der Waals surface area contributed by atoms with E-state index in [0.717, 1.165) is 111 Å². The van der Waals surface area contributed by atoms with E-state index in [4.69, 9.17) is 37.9 Å². The average Bonchev–Trinajstić information content (AvgIpc) is 0.955. The molecule has 0 heterocycles. The molecule has 13 aromatic rings. The first kappa shape index (κ1) is 90.1. The summed E-state index contributed by atoms with van der Waals surface area (Å²) in [5, 5.41) is 0. The summed E-state index contributed by atoms with van der Waals surface area (Å²) in [6.07, 6.45) is 16.8. The SMILES string of the molecule is O=C(OCCOc1ccc([S+](c2ccccc2)c2ccccc2)cc1)C12CC3CC(CC(C3)C1)C2.O=C(OCCOc1ccc([S+](c2ccccc2)c2ccccc2)cc1)C1CCCC1.O=C(OCCOc1ccc([S+](c2ccccc2)c2ccccc2)cc1)C1CCCCC1.O=C(OCCOc1ccc([S+](c2ccccc2)c2ccccc2)cc1)c1ccccc1. The Labute approximate surface area is 760 Å². The van der Waals surface area contributed by atoms with E-state index in [1.807, 2.05) is 103 Å². The van der Waals surface area contributed by atoms with Crippen molar-refractivity contribution in [1.29, 1.82) is 0 Å². The van der Waals surface area contributed by atoms with Gasteiger partial charge in [0, 0.05) is 0 Å². The van der Waals surface area contributed by atoms with E-state index >= 15 is 0 Å². The van der Waals surface area contributed by atoms with Gasteiger partial charge in [-0.15, -0.1) is 0 Å². The molecule has 0 spiro atoms. The molecule has 127 heavy (non-hydrogen) atoms. The second-order valence-electron chi connectivity index (χ2n) is 32.5. The molecule has 16 heteroatoms. The summed E-state index contributed by atoms with van der Waals surface area (Å²) in [5.74, 6) is 5.14. The van der Waals surface area contributed by atoms with E-state index in [1.54, 1.807) is 12.1 Å². The van der Waals surface area contributed by atoms with Crippen molar-refractivity contribution in [3.63, 3.8) is 0 Å². The lowest BCUT2D eigenvalue weighted by molar-refractivity contribution is -0.172. The smallest absolute Gasteiger partial charge is 0.338 e. The summed E-state index contributed by atoms with van der Waals surface area (Å²) in [5.41, 5.74) is 0.349. The Morgan fingerprint density at radius 1 is 0.236 bits per heavy atom. The summed E-state index contributed by atoms with van der Waals surface area (Å²) in [6.45, 7) is 2.57. The van der Waals surface area contributed by atoms with E-state index in [2.05, 4.69) is 255 Å². The third kappa shape index (κ3) is 25.8. The predicted octanol–water partition coefficient (Wildman–Crippen LogP) is 25.1. The number of carbonyl (C=O) groups is 4. The van der Waals surface area contributed by atoms with Gasteiger partial charge in [0.15, 0.2) is 58.7 Å². The number of rotatable bonds is 32. The van der Waals surface area contributed by atoms with Crippen LogP contribution in [0, 0.1) is 35.0 Å². The summed E-state index contributed by atoms with van der Waals surface area (Å²) in [4.78, 5) is 64.3. The van der Waals surface area contributed by atoms with E-state index in [0.29, 0.717) is 51.8 Å². The number of benzene rings is 13. The number of esters is 4. The average molecular weight is 1770 g/mol. The molecule has 6 saturated carbocycles. The lowest BCUT2D eigenvalue weighted by Crippen LogP contribution is -2.50. The Morgan fingerprint density at radius 2 is 0.449 bits per heavy atom. The van der Waals surface area contributed by atoms with Crippen molar-refractivity contribution >= 4 is 67.5 Å². The van der Waals surface area contributed by atoms with E-state index < -0.39 is 0 Å². The van der Waals surface area contributed by atoms with Crippen LogP contribution in [0.15, 0.2) is 429 Å². The highest BCUT2D eigenvalue weighted by atomic mass is 32.2. The largest absolute Gasteiger partial charge is 0.490 e. The fourth-order valence-electron chi connectivity index (χ4n) is 17.9. The molecule has 6 aliphatic rings. The molecule has 648 valence electrons. The molecule has 0 amide bonds. The third-order valence-corrected chi connectivity index (χ3v) is 32.5. The van der Waals surface area contributed by atoms with Crippen molar-refractivity contribution in [3.8, 4) is 23.0 Å². The van der Waals surface area contributed by atoms with Crippen molar-refractivity contribution in [2.24, 2.45) is 35.0 Å². The van der Waals surface area contributed by atoms with Crippen LogP contribution in [0.25, 0.3) is 0 Å². The van der Waals surface area contributed by atoms with Crippen LogP contribution in [0.5, 0.6) is 23.0 Å². The van der Waals surface area contributed by atoms with Gasteiger partial charge in [-0.3, -0.25) is 14.4 Å². The maximum atomic E-state index is 13.0. The molecular weight excluding hydrogens is 1650 g/mol. The van der Waals surface area contributed by atoms with Crippen molar-refractivity contribution in [2.75, 3.05) is 52.9 Å². The summed E-state index contributed by atoms with van der Waals surface area (Å²) < 4.78 is 45.1. The fraction of sp³-hybridized carbons (Fsp3) is 0.261. The van der Waals surface area contributed by atoms with Gasteiger partial charge >= 0.3 is 23.9 Å². The summed E-state index contributed by atoms with van der Waals surface area (Å²) >= 11 is 0. The van der Waals surface area contributed by atoms with Gasteiger partial charge in [-0.1, -0.05) is 196 Å². The molecule has 13 aromatic carbocycles. The van der Waals surface area contributed by atoms with Crippen LogP contribution in [0.3, 0.4) is 0 Å². The molecular formula is C111H112O12S4+4. The number of hydrogen-bond donors (Lipinski definition) is 0. The zero-order valence-electron chi connectivity index (χ0n) is 71.9. The Balaban J connectivity index is 0.000000131. The minimum atomic E-state index is -0.339. The van der Waals surface area contributed by atoms with Gasteiger partial charge in [0.25, 0.3) is 0 Å². The van der Waals surface area contributed by atoms with Gasteiger partial charge in [-0.05, 0) is 288 Å². The first-order chi connectivity index (χ1) is 62.6. The molecule has 12 nitrogen and oxygen atoms in total. The first-order valence-electron chi connectivity index (χ1n) is 44.6.